The van der Waals surface area contributed by atoms with E-state index in [1.54, 1.807) is 17.4 Å². The molecule has 0 fully saturated rings. The number of aromatic nitrogens is 1. The molecule has 0 aliphatic rings. The Hall–Kier alpha value is -1.97. The van der Waals surface area contributed by atoms with Crippen molar-refractivity contribution in [1.29, 1.82) is 0 Å². The summed E-state index contributed by atoms with van der Waals surface area (Å²) in [7, 11) is -1.41. The van der Waals surface area contributed by atoms with E-state index < -0.39 is 14.9 Å². The van der Waals surface area contributed by atoms with Crippen LogP contribution >= 0.6 is 11.3 Å². The molecule has 0 bridgehead atoms. The highest BCUT2D eigenvalue weighted by molar-refractivity contribution is 7.26. The third-order valence-corrected chi connectivity index (χ3v) is 7.66. The molecule has 4 rings (SSSR count). The van der Waals surface area contributed by atoms with Gasteiger partial charge >= 0.3 is 0 Å². The van der Waals surface area contributed by atoms with E-state index in [2.05, 4.69) is 37.8 Å². The van der Waals surface area contributed by atoms with E-state index in [1.165, 1.54) is 5.19 Å². The minimum atomic E-state index is -2.14. The zero-order chi connectivity index (χ0) is 19.4. The predicted octanol–water partition coefficient (Wildman–Crippen LogP) is 5.97. The molecule has 0 aliphatic heterocycles. The number of nitrogens with zero attached hydrogens (tertiary/aromatic N) is 1. The fourth-order valence-corrected chi connectivity index (χ4v) is 5.31. The fourth-order valence-electron chi connectivity index (χ4n) is 3.03. The first kappa shape index (κ1) is 12.4. The largest absolute Gasteiger partial charge is 0.256 e. The van der Waals surface area contributed by atoms with Crippen LogP contribution in [0.4, 0.5) is 0 Å². The number of pyridine rings is 1. The van der Waals surface area contributed by atoms with E-state index in [1.807, 2.05) is 30.5 Å². The zero-order valence-electron chi connectivity index (χ0n) is 17.1. The summed E-state index contributed by atoms with van der Waals surface area (Å²) in [5.74, 6) is 0. The highest BCUT2D eigenvalue weighted by Gasteiger charge is 2.18. The van der Waals surface area contributed by atoms with E-state index in [-0.39, 0.29) is 0 Å². The summed E-state index contributed by atoms with van der Waals surface area (Å²) in [6.07, 6.45) is 1.98. The molecule has 120 valence electrons. The van der Waals surface area contributed by atoms with Crippen LogP contribution < -0.4 is 5.19 Å². The molecule has 2 heterocycles. The van der Waals surface area contributed by atoms with Gasteiger partial charge in [0.1, 0.15) is 0 Å². The lowest BCUT2D eigenvalue weighted by Crippen LogP contribution is -2.37. The first-order valence-electron chi connectivity index (χ1n) is 9.58. The average molecular weight is 351 g/mol. The Morgan fingerprint density at radius 2 is 1.83 bits per heavy atom. The Morgan fingerprint density at radius 1 is 1.00 bits per heavy atom. The molecule has 1 nitrogen and oxygen atoms in total. The molecule has 3 heteroatoms. The molecule has 2 aromatic carbocycles. The zero-order valence-corrected chi connectivity index (χ0v) is 15.9. The summed E-state index contributed by atoms with van der Waals surface area (Å²) in [5, 5.41) is 3.16. The molecule has 0 aliphatic carbocycles. The summed E-state index contributed by atoms with van der Waals surface area (Å²) in [6.45, 7) is 4.77. The maximum atomic E-state index is 7.97. The highest BCUT2D eigenvalue weighted by atomic mass is 32.1. The number of hydrogen-bond donors (Lipinski definition) is 0. The van der Waals surface area contributed by atoms with Gasteiger partial charge in [-0.05, 0) is 29.7 Å². The Bertz CT molecular complexity index is 1140. The summed E-state index contributed by atoms with van der Waals surface area (Å²) in [4.78, 5) is 4.73. The van der Waals surface area contributed by atoms with Gasteiger partial charge in [0.15, 0.2) is 0 Å². The lowest BCUT2D eigenvalue weighted by atomic mass is 10.0. The summed E-state index contributed by atoms with van der Waals surface area (Å²) in [6, 6.07) is 15.9. The Balaban J connectivity index is 2.00. The smallest absolute Gasteiger partial charge is 0.0796 e. The third kappa shape index (κ3) is 2.48. The molecular weight excluding hydrogens is 326 g/mol. The predicted molar refractivity (Wildman–Crippen MR) is 110 cm³/mol. The molecule has 4 aromatic rings. The number of thiophene rings is 1. The molecule has 0 amide bonds. The molecule has 0 atom stereocenters. The van der Waals surface area contributed by atoms with Crippen molar-refractivity contribution in [2.75, 3.05) is 0 Å². The second-order valence-electron chi connectivity index (χ2n) is 7.15. The van der Waals surface area contributed by atoms with E-state index >= 15 is 0 Å². The molecule has 0 spiro atoms. The summed E-state index contributed by atoms with van der Waals surface area (Å²) < 4.78 is 26.0. The van der Waals surface area contributed by atoms with E-state index in [0.29, 0.717) is 5.56 Å². The van der Waals surface area contributed by atoms with Crippen LogP contribution in [-0.4, -0.2) is 13.1 Å². The third-order valence-electron chi connectivity index (χ3n) is 4.43. The Morgan fingerprint density at radius 3 is 2.54 bits per heavy atom. The standard InChI is InChI=1S/C21H21NSSi/c1-14-9-11-16(18-12-10-15(13-22-18)24(2,3)4)21-20(14)17-7-5-6-8-19(17)23-21/h5-13H,1-4H3/i1D3. The average Bonchev–Trinajstić information content (AvgIpc) is 2.99. The van der Waals surface area contributed by atoms with Crippen LogP contribution in [0.3, 0.4) is 0 Å². The van der Waals surface area contributed by atoms with Crippen molar-refractivity contribution < 1.29 is 4.11 Å². The molecule has 0 unspecified atom stereocenters. The maximum absolute atomic E-state index is 7.97. The van der Waals surface area contributed by atoms with Crippen LogP contribution in [0, 0.1) is 6.85 Å². The van der Waals surface area contributed by atoms with Gasteiger partial charge < -0.3 is 0 Å². The summed E-state index contributed by atoms with van der Waals surface area (Å²) >= 11 is 1.64. The Kier molecular flexibility index (Phi) is 2.86. The number of fused-ring (bicyclic) bond motifs is 3. The van der Waals surface area contributed by atoms with E-state index in [9.17, 15) is 0 Å². The minimum Gasteiger partial charge on any atom is -0.256 e. The highest BCUT2D eigenvalue weighted by Crippen LogP contribution is 2.40. The SMILES string of the molecule is [2H]C([2H])([2H])c1ccc(-c2ccc([Si](C)(C)C)cn2)c2sc3ccccc3c12. The van der Waals surface area contributed by atoms with Crippen LogP contribution in [-0.2, 0) is 0 Å². The molecule has 24 heavy (non-hydrogen) atoms. The van der Waals surface area contributed by atoms with E-state index in [0.717, 1.165) is 31.4 Å². The van der Waals surface area contributed by atoms with Crippen LogP contribution in [0.5, 0.6) is 0 Å². The van der Waals surface area contributed by atoms with Crippen molar-refractivity contribution in [1.82, 2.24) is 4.98 Å². The van der Waals surface area contributed by atoms with Gasteiger partial charge in [-0.2, -0.15) is 0 Å². The molecule has 0 saturated heterocycles. The Labute approximate surface area is 152 Å². The molecule has 0 radical (unpaired) electrons. The van der Waals surface area contributed by atoms with Gasteiger partial charge in [0, 0.05) is 36.0 Å². The molecule has 0 saturated carbocycles. The van der Waals surface area contributed by atoms with Crippen molar-refractivity contribution in [3.8, 4) is 11.3 Å². The molecule has 0 N–H and O–H groups in total. The van der Waals surface area contributed by atoms with E-state index in [4.69, 9.17) is 9.10 Å². The topological polar surface area (TPSA) is 12.9 Å². The monoisotopic (exact) mass is 350 g/mol. The quantitative estimate of drug-likeness (QED) is 0.406. The maximum Gasteiger partial charge on any atom is 0.0796 e. The lowest BCUT2D eigenvalue weighted by molar-refractivity contribution is 1.34. The van der Waals surface area contributed by atoms with Crippen molar-refractivity contribution in [2.45, 2.75) is 26.5 Å². The van der Waals surface area contributed by atoms with Gasteiger partial charge in [0.25, 0.3) is 0 Å². The van der Waals surface area contributed by atoms with Gasteiger partial charge in [-0.1, -0.05) is 56.0 Å². The second-order valence-corrected chi connectivity index (χ2v) is 13.3. The van der Waals surface area contributed by atoms with Crippen LogP contribution in [0.2, 0.25) is 19.6 Å². The number of aryl methyl sites for hydroxylation is 1. The number of benzene rings is 2. The molecule has 2 aromatic heterocycles. The number of hydrogen-bond acceptors (Lipinski definition) is 2. The first-order chi connectivity index (χ1) is 12.7. The summed E-state index contributed by atoms with van der Waals surface area (Å²) in [5.41, 5.74) is 2.31. The minimum absolute atomic E-state index is 0.414. The van der Waals surface area contributed by atoms with Gasteiger partial charge in [-0.25, -0.2) is 0 Å². The normalized spacial score (nSPS) is 14.5. The van der Waals surface area contributed by atoms with Gasteiger partial charge in [-0.3, -0.25) is 4.98 Å². The van der Waals surface area contributed by atoms with Crippen molar-refractivity contribution in [3.63, 3.8) is 0 Å². The fraction of sp³-hybridized carbons (Fsp3) is 0.190. The van der Waals surface area contributed by atoms with Gasteiger partial charge in [0.05, 0.1) is 13.8 Å². The van der Waals surface area contributed by atoms with Gasteiger partial charge in [0.2, 0.25) is 0 Å². The first-order valence-corrected chi connectivity index (χ1v) is 12.4. The van der Waals surface area contributed by atoms with Crippen LogP contribution in [0.1, 0.15) is 9.68 Å². The second kappa shape index (κ2) is 5.54. The lowest BCUT2D eigenvalue weighted by Gasteiger charge is -2.16. The van der Waals surface area contributed by atoms with Gasteiger partial charge in [-0.15, -0.1) is 11.3 Å². The van der Waals surface area contributed by atoms with Crippen LogP contribution in [0.25, 0.3) is 31.4 Å². The van der Waals surface area contributed by atoms with Crippen molar-refractivity contribution in [2.24, 2.45) is 0 Å². The number of rotatable bonds is 2. The van der Waals surface area contributed by atoms with Crippen molar-refractivity contribution >= 4 is 44.8 Å². The molecular formula is C21H21NSSi. The van der Waals surface area contributed by atoms with Crippen molar-refractivity contribution in [3.05, 3.63) is 60.3 Å². The van der Waals surface area contributed by atoms with Crippen LogP contribution in [0.15, 0.2) is 54.7 Å².